The number of benzene rings is 2. The van der Waals surface area contributed by atoms with Crippen molar-refractivity contribution in [2.24, 2.45) is 0 Å². The monoisotopic (exact) mass is 341 g/mol. The van der Waals surface area contributed by atoms with Gasteiger partial charge in [0.2, 0.25) is 0 Å². The molecule has 0 unspecified atom stereocenters. The highest BCUT2D eigenvalue weighted by Gasteiger charge is 2.14. The summed E-state index contributed by atoms with van der Waals surface area (Å²) >= 11 is 9.10. The number of rotatable bonds is 2. The standard InChI is InChI=1S/C14H10BrClFNO/c1-8-4-2-3-5-10(8)14(19)18-13-11(15)6-9(17)7-12(13)16/h2-7H,1H3,(H,18,19). The first-order valence-electron chi connectivity index (χ1n) is 5.50. The van der Waals surface area contributed by atoms with Crippen molar-refractivity contribution >= 4 is 39.1 Å². The SMILES string of the molecule is Cc1ccccc1C(=O)Nc1c(Cl)cc(F)cc1Br. The lowest BCUT2D eigenvalue weighted by Gasteiger charge is -2.11. The second-order valence-corrected chi connectivity index (χ2v) is 5.28. The molecule has 2 nitrogen and oxygen atoms in total. The predicted octanol–water partition coefficient (Wildman–Crippen LogP) is 4.80. The van der Waals surface area contributed by atoms with E-state index < -0.39 is 5.82 Å². The number of hydrogen-bond acceptors (Lipinski definition) is 1. The van der Waals surface area contributed by atoms with Crippen LogP contribution in [0.15, 0.2) is 40.9 Å². The maximum absolute atomic E-state index is 13.1. The highest BCUT2D eigenvalue weighted by atomic mass is 79.9. The third kappa shape index (κ3) is 3.14. The van der Waals surface area contributed by atoms with Gasteiger partial charge < -0.3 is 5.32 Å². The fourth-order valence-electron chi connectivity index (χ4n) is 1.67. The molecule has 1 amide bonds. The average Bonchev–Trinajstić information content (AvgIpc) is 2.34. The summed E-state index contributed by atoms with van der Waals surface area (Å²) < 4.78 is 13.5. The van der Waals surface area contributed by atoms with E-state index >= 15 is 0 Å². The van der Waals surface area contributed by atoms with Gasteiger partial charge in [0.25, 0.3) is 5.91 Å². The number of anilines is 1. The zero-order chi connectivity index (χ0) is 14.0. The molecule has 0 aliphatic carbocycles. The first kappa shape index (κ1) is 14.0. The molecule has 98 valence electrons. The fraction of sp³-hybridized carbons (Fsp3) is 0.0714. The minimum absolute atomic E-state index is 0.147. The Hall–Kier alpha value is -1.39. The molecule has 0 heterocycles. The summed E-state index contributed by atoms with van der Waals surface area (Å²) in [5.41, 5.74) is 1.76. The Bertz CT molecular complexity index is 622. The first-order valence-corrected chi connectivity index (χ1v) is 6.67. The summed E-state index contributed by atoms with van der Waals surface area (Å²) in [5.74, 6) is -0.752. The molecule has 0 aromatic heterocycles. The molecule has 0 atom stereocenters. The number of carbonyl (C=O) groups excluding carboxylic acids is 1. The van der Waals surface area contributed by atoms with Gasteiger partial charge in [0.15, 0.2) is 0 Å². The number of nitrogens with one attached hydrogen (secondary N) is 1. The lowest BCUT2D eigenvalue weighted by Crippen LogP contribution is -2.14. The zero-order valence-electron chi connectivity index (χ0n) is 10.0. The van der Waals surface area contributed by atoms with Gasteiger partial charge in [-0.25, -0.2) is 4.39 Å². The summed E-state index contributed by atoms with van der Waals surface area (Å²) in [6.07, 6.45) is 0. The Morgan fingerprint density at radius 1 is 1.32 bits per heavy atom. The Morgan fingerprint density at radius 3 is 2.63 bits per heavy atom. The summed E-state index contributed by atoms with van der Waals surface area (Å²) in [4.78, 5) is 12.1. The number of hydrogen-bond donors (Lipinski definition) is 1. The molecule has 0 aliphatic heterocycles. The number of carbonyl (C=O) groups is 1. The molecule has 2 aromatic carbocycles. The van der Waals surface area contributed by atoms with Crippen LogP contribution in [0, 0.1) is 12.7 Å². The molecule has 2 rings (SSSR count). The van der Waals surface area contributed by atoms with Crippen LogP contribution in [-0.2, 0) is 0 Å². The number of halogens is 3. The first-order chi connectivity index (χ1) is 8.99. The normalized spacial score (nSPS) is 10.3. The quantitative estimate of drug-likeness (QED) is 0.834. The maximum Gasteiger partial charge on any atom is 0.255 e. The summed E-state index contributed by atoms with van der Waals surface area (Å²) in [5, 5.41) is 2.83. The van der Waals surface area contributed by atoms with Crippen LogP contribution in [0.4, 0.5) is 10.1 Å². The van der Waals surface area contributed by atoms with E-state index in [1.54, 1.807) is 12.1 Å². The van der Waals surface area contributed by atoms with Gasteiger partial charge >= 0.3 is 0 Å². The smallest absolute Gasteiger partial charge is 0.255 e. The molecule has 5 heteroatoms. The van der Waals surface area contributed by atoms with Crippen molar-refractivity contribution in [3.63, 3.8) is 0 Å². The van der Waals surface area contributed by atoms with Crippen LogP contribution in [0.3, 0.4) is 0 Å². The number of aryl methyl sites for hydroxylation is 1. The van der Waals surface area contributed by atoms with Gasteiger partial charge in [-0.1, -0.05) is 29.8 Å². The van der Waals surface area contributed by atoms with Crippen molar-refractivity contribution in [3.05, 3.63) is 62.8 Å². The Balaban J connectivity index is 2.32. The van der Waals surface area contributed by atoms with Crippen molar-refractivity contribution < 1.29 is 9.18 Å². The summed E-state index contributed by atoms with van der Waals surface area (Å²) in [6.45, 7) is 1.84. The lowest BCUT2D eigenvalue weighted by atomic mass is 10.1. The van der Waals surface area contributed by atoms with E-state index in [2.05, 4.69) is 21.2 Å². The zero-order valence-corrected chi connectivity index (χ0v) is 12.3. The minimum atomic E-state index is -0.467. The van der Waals surface area contributed by atoms with Crippen LogP contribution in [-0.4, -0.2) is 5.91 Å². The molecule has 19 heavy (non-hydrogen) atoms. The molecule has 0 fully saturated rings. The van der Waals surface area contributed by atoms with E-state index in [1.165, 1.54) is 6.07 Å². The maximum atomic E-state index is 13.1. The highest BCUT2D eigenvalue weighted by molar-refractivity contribution is 9.10. The van der Waals surface area contributed by atoms with E-state index in [0.29, 0.717) is 15.7 Å². The molecule has 0 saturated heterocycles. The van der Waals surface area contributed by atoms with Gasteiger partial charge in [-0.15, -0.1) is 0 Å². The van der Waals surface area contributed by atoms with Crippen molar-refractivity contribution in [3.8, 4) is 0 Å². The van der Waals surface area contributed by atoms with Crippen LogP contribution in [0.5, 0.6) is 0 Å². The number of amides is 1. The molecule has 0 bridgehead atoms. The summed E-state index contributed by atoms with van der Waals surface area (Å²) in [6, 6.07) is 9.60. The van der Waals surface area contributed by atoms with Crippen LogP contribution in [0.25, 0.3) is 0 Å². The van der Waals surface area contributed by atoms with Gasteiger partial charge in [0, 0.05) is 10.0 Å². The second-order valence-electron chi connectivity index (χ2n) is 4.01. The Labute approximate surface area is 123 Å². The lowest BCUT2D eigenvalue weighted by molar-refractivity contribution is 0.102. The molecular formula is C14H10BrClFNO. The van der Waals surface area contributed by atoms with Gasteiger partial charge in [0.05, 0.1) is 10.7 Å². The summed E-state index contributed by atoms with van der Waals surface area (Å²) in [7, 11) is 0. The van der Waals surface area contributed by atoms with Crippen molar-refractivity contribution in [1.82, 2.24) is 0 Å². The van der Waals surface area contributed by atoms with Crippen molar-refractivity contribution in [1.29, 1.82) is 0 Å². The molecule has 0 aliphatic rings. The third-order valence-electron chi connectivity index (χ3n) is 2.64. The molecular weight excluding hydrogens is 333 g/mol. The Kier molecular flexibility index (Phi) is 4.22. The topological polar surface area (TPSA) is 29.1 Å². The predicted molar refractivity (Wildman–Crippen MR) is 78.2 cm³/mol. The Morgan fingerprint density at radius 2 is 2.00 bits per heavy atom. The van der Waals surface area contributed by atoms with Crippen LogP contribution < -0.4 is 5.32 Å². The van der Waals surface area contributed by atoms with Gasteiger partial charge in [-0.3, -0.25) is 4.79 Å². The highest BCUT2D eigenvalue weighted by Crippen LogP contribution is 2.32. The van der Waals surface area contributed by atoms with E-state index in [1.807, 2.05) is 19.1 Å². The van der Waals surface area contributed by atoms with Gasteiger partial charge in [0.1, 0.15) is 5.82 Å². The van der Waals surface area contributed by atoms with Crippen LogP contribution >= 0.6 is 27.5 Å². The molecule has 1 N–H and O–H groups in total. The average molecular weight is 343 g/mol. The van der Waals surface area contributed by atoms with E-state index in [0.717, 1.165) is 11.6 Å². The molecule has 0 radical (unpaired) electrons. The van der Waals surface area contributed by atoms with Crippen molar-refractivity contribution in [2.75, 3.05) is 5.32 Å². The van der Waals surface area contributed by atoms with Crippen molar-refractivity contribution in [2.45, 2.75) is 6.92 Å². The van der Waals surface area contributed by atoms with Crippen LogP contribution in [0.1, 0.15) is 15.9 Å². The van der Waals surface area contributed by atoms with E-state index in [4.69, 9.17) is 11.6 Å². The van der Waals surface area contributed by atoms with Gasteiger partial charge in [-0.2, -0.15) is 0 Å². The second kappa shape index (κ2) is 5.72. The molecule has 2 aromatic rings. The van der Waals surface area contributed by atoms with Gasteiger partial charge in [-0.05, 0) is 46.6 Å². The van der Waals surface area contributed by atoms with E-state index in [9.17, 15) is 9.18 Å². The molecule has 0 spiro atoms. The van der Waals surface area contributed by atoms with E-state index in [-0.39, 0.29) is 10.9 Å². The third-order valence-corrected chi connectivity index (χ3v) is 3.56. The van der Waals surface area contributed by atoms with Crippen LogP contribution in [0.2, 0.25) is 5.02 Å². The molecule has 0 saturated carbocycles. The fourth-order valence-corrected chi connectivity index (χ4v) is 2.57. The minimum Gasteiger partial charge on any atom is -0.320 e. The largest absolute Gasteiger partial charge is 0.320 e.